The molecular formula is C16H13ClFNO3. The molecule has 1 amide bonds. The lowest BCUT2D eigenvalue weighted by Gasteiger charge is -2.08. The molecule has 0 aromatic heterocycles. The summed E-state index contributed by atoms with van der Waals surface area (Å²) in [6, 6.07) is 10.2. The summed E-state index contributed by atoms with van der Waals surface area (Å²) >= 11 is 5.86. The van der Waals surface area contributed by atoms with Gasteiger partial charge in [-0.3, -0.25) is 4.79 Å². The zero-order valence-electron chi connectivity index (χ0n) is 11.7. The highest BCUT2D eigenvalue weighted by Crippen LogP contribution is 2.19. The number of carbonyl (C=O) groups is 2. The van der Waals surface area contributed by atoms with Gasteiger partial charge in [-0.1, -0.05) is 23.7 Å². The van der Waals surface area contributed by atoms with Crippen molar-refractivity contribution in [1.29, 1.82) is 0 Å². The van der Waals surface area contributed by atoms with Crippen LogP contribution >= 0.6 is 11.6 Å². The Morgan fingerprint density at radius 3 is 2.68 bits per heavy atom. The van der Waals surface area contributed by atoms with Crippen LogP contribution in [0.1, 0.15) is 22.8 Å². The molecule has 0 radical (unpaired) electrons. The van der Waals surface area contributed by atoms with Gasteiger partial charge in [0.2, 0.25) is 5.91 Å². The number of ether oxygens (including phenoxy) is 1. The second-order valence-electron chi connectivity index (χ2n) is 4.57. The van der Waals surface area contributed by atoms with E-state index in [4.69, 9.17) is 16.3 Å². The van der Waals surface area contributed by atoms with Crippen LogP contribution in [-0.2, 0) is 16.1 Å². The molecule has 0 bridgehead atoms. The van der Waals surface area contributed by atoms with Crippen LogP contribution in [0.4, 0.5) is 10.1 Å². The van der Waals surface area contributed by atoms with E-state index in [1.807, 2.05) is 0 Å². The Morgan fingerprint density at radius 1 is 1.23 bits per heavy atom. The summed E-state index contributed by atoms with van der Waals surface area (Å²) in [6.07, 6.45) is 0. The fourth-order valence-corrected chi connectivity index (χ4v) is 2.01. The van der Waals surface area contributed by atoms with Crippen LogP contribution in [0.15, 0.2) is 42.5 Å². The summed E-state index contributed by atoms with van der Waals surface area (Å²) < 4.78 is 18.1. The van der Waals surface area contributed by atoms with Crippen LogP contribution in [0.3, 0.4) is 0 Å². The van der Waals surface area contributed by atoms with E-state index in [1.165, 1.54) is 25.1 Å². The van der Waals surface area contributed by atoms with Crippen molar-refractivity contribution in [2.75, 3.05) is 5.32 Å². The third-order valence-corrected chi connectivity index (χ3v) is 3.14. The zero-order chi connectivity index (χ0) is 16.1. The first-order valence-electron chi connectivity index (χ1n) is 6.44. The Kier molecular flexibility index (Phi) is 5.12. The van der Waals surface area contributed by atoms with Crippen LogP contribution in [0.5, 0.6) is 0 Å². The topological polar surface area (TPSA) is 55.4 Å². The quantitative estimate of drug-likeness (QED) is 0.872. The molecule has 0 aliphatic rings. The predicted octanol–water partition coefficient (Wildman–Crippen LogP) is 3.79. The molecule has 2 aromatic carbocycles. The van der Waals surface area contributed by atoms with Gasteiger partial charge in [0.1, 0.15) is 12.4 Å². The van der Waals surface area contributed by atoms with Crippen molar-refractivity contribution in [3.63, 3.8) is 0 Å². The molecule has 0 saturated heterocycles. The normalized spacial score (nSPS) is 10.1. The van der Waals surface area contributed by atoms with Gasteiger partial charge in [-0.05, 0) is 30.3 Å². The van der Waals surface area contributed by atoms with E-state index in [0.717, 1.165) is 6.07 Å². The molecule has 0 spiro atoms. The number of rotatable bonds is 4. The fourth-order valence-electron chi connectivity index (χ4n) is 1.79. The zero-order valence-corrected chi connectivity index (χ0v) is 12.5. The van der Waals surface area contributed by atoms with Crippen LogP contribution in [-0.4, -0.2) is 11.9 Å². The van der Waals surface area contributed by atoms with Crippen molar-refractivity contribution in [3.8, 4) is 0 Å². The average Bonchev–Trinajstić information content (AvgIpc) is 2.45. The molecule has 0 heterocycles. The maximum absolute atomic E-state index is 12.9. The maximum Gasteiger partial charge on any atom is 0.338 e. The van der Waals surface area contributed by atoms with Crippen molar-refractivity contribution in [1.82, 2.24) is 0 Å². The van der Waals surface area contributed by atoms with E-state index < -0.39 is 11.8 Å². The first kappa shape index (κ1) is 16.0. The average molecular weight is 322 g/mol. The Balaban J connectivity index is 2.04. The van der Waals surface area contributed by atoms with Gasteiger partial charge in [0.05, 0.1) is 10.6 Å². The Labute approximate surface area is 131 Å². The lowest BCUT2D eigenvalue weighted by molar-refractivity contribution is -0.114. The highest BCUT2D eigenvalue weighted by Gasteiger charge is 2.10. The number of halogens is 2. The summed E-state index contributed by atoms with van der Waals surface area (Å²) in [4.78, 5) is 23.0. The van der Waals surface area contributed by atoms with Crippen LogP contribution in [0.25, 0.3) is 0 Å². The number of esters is 1. The van der Waals surface area contributed by atoms with Gasteiger partial charge in [-0.2, -0.15) is 0 Å². The van der Waals surface area contributed by atoms with Crippen molar-refractivity contribution in [2.45, 2.75) is 13.5 Å². The van der Waals surface area contributed by atoms with Gasteiger partial charge >= 0.3 is 5.97 Å². The predicted molar refractivity (Wildman–Crippen MR) is 81.3 cm³/mol. The van der Waals surface area contributed by atoms with Crippen LogP contribution in [0, 0.1) is 5.82 Å². The smallest absolute Gasteiger partial charge is 0.338 e. The number of benzene rings is 2. The molecule has 0 aliphatic heterocycles. The molecule has 4 nitrogen and oxygen atoms in total. The van der Waals surface area contributed by atoms with E-state index >= 15 is 0 Å². The number of anilines is 1. The van der Waals surface area contributed by atoms with Crippen molar-refractivity contribution in [3.05, 3.63) is 64.4 Å². The highest BCUT2D eigenvalue weighted by atomic mass is 35.5. The van der Waals surface area contributed by atoms with Crippen molar-refractivity contribution >= 4 is 29.2 Å². The lowest BCUT2D eigenvalue weighted by atomic mass is 10.2. The molecule has 2 aromatic rings. The van der Waals surface area contributed by atoms with Gasteiger partial charge < -0.3 is 10.1 Å². The second kappa shape index (κ2) is 7.04. The molecule has 0 atom stereocenters. The number of carbonyl (C=O) groups excluding carboxylic acids is 2. The SMILES string of the molecule is CC(=O)Nc1cccc(C(=O)OCc2ccc(F)cc2Cl)c1. The van der Waals surface area contributed by atoms with Crippen LogP contribution in [0.2, 0.25) is 5.02 Å². The van der Waals surface area contributed by atoms with Gasteiger partial charge in [-0.15, -0.1) is 0 Å². The summed E-state index contributed by atoms with van der Waals surface area (Å²) in [6.45, 7) is 1.31. The molecule has 0 unspecified atom stereocenters. The van der Waals surface area contributed by atoms with Gasteiger partial charge in [0.25, 0.3) is 0 Å². The van der Waals surface area contributed by atoms with Gasteiger partial charge in [0.15, 0.2) is 0 Å². The van der Waals surface area contributed by atoms with E-state index in [9.17, 15) is 14.0 Å². The third-order valence-electron chi connectivity index (χ3n) is 2.79. The third kappa shape index (κ3) is 4.30. The fraction of sp³-hybridized carbons (Fsp3) is 0.125. The Hall–Kier alpha value is -2.40. The highest BCUT2D eigenvalue weighted by molar-refractivity contribution is 6.31. The molecular weight excluding hydrogens is 309 g/mol. The summed E-state index contributed by atoms with van der Waals surface area (Å²) in [5, 5.41) is 2.77. The van der Waals surface area contributed by atoms with E-state index in [-0.39, 0.29) is 17.5 Å². The lowest BCUT2D eigenvalue weighted by Crippen LogP contribution is -2.09. The minimum Gasteiger partial charge on any atom is -0.457 e. The van der Waals surface area contributed by atoms with E-state index in [1.54, 1.807) is 18.2 Å². The molecule has 114 valence electrons. The number of amides is 1. The Morgan fingerprint density at radius 2 is 2.00 bits per heavy atom. The summed E-state index contributed by atoms with van der Waals surface area (Å²) in [5.74, 6) is -1.25. The molecule has 0 fully saturated rings. The molecule has 1 N–H and O–H groups in total. The van der Waals surface area contributed by atoms with Crippen molar-refractivity contribution in [2.24, 2.45) is 0 Å². The van der Waals surface area contributed by atoms with E-state index in [0.29, 0.717) is 16.8 Å². The minimum absolute atomic E-state index is 0.0672. The number of hydrogen-bond donors (Lipinski definition) is 1. The van der Waals surface area contributed by atoms with Crippen LogP contribution < -0.4 is 5.32 Å². The first-order valence-corrected chi connectivity index (χ1v) is 6.82. The Bertz CT molecular complexity index is 718. The summed E-state index contributed by atoms with van der Waals surface area (Å²) in [5.41, 5.74) is 1.31. The van der Waals surface area contributed by atoms with E-state index in [2.05, 4.69) is 5.32 Å². The second-order valence-corrected chi connectivity index (χ2v) is 4.98. The standard InChI is InChI=1S/C16H13ClFNO3/c1-10(20)19-14-4-2-3-11(7-14)16(21)22-9-12-5-6-13(18)8-15(12)17/h2-8H,9H2,1H3,(H,19,20). The van der Waals surface area contributed by atoms with Crippen molar-refractivity contribution < 1.29 is 18.7 Å². The molecule has 0 saturated carbocycles. The molecule has 0 aliphatic carbocycles. The maximum atomic E-state index is 12.9. The minimum atomic E-state index is -0.562. The number of hydrogen-bond acceptors (Lipinski definition) is 3. The van der Waals surface area contributed by atoms with Gasteiger partial charge in [-0.25, -0.2) is 9.18 Å². The molecule has 6 heteroatoms. The monoisotopic (exact) mass is 321 g/mol. The molecule has 2 rings (SSSR count). The number of nitrogens with one attached hydrogen (secondary N) is 1. The van der Waals surface area contributed by atoms with Gasteiger partial charge in [0, 0.05) is 18.2 Å². The largest absolute Gasteiger partial charge is 0.457 e. The summed E-state index contributed by atoms with van der Waals surface area (Å²) in [7, 11) is 0. The molecule has 22 heavy (non-hydrogen) atoms. The first-order chi connectivity index (χ1) is 10.5.